The van der Waals surface area contributed by atoms with E-state index in [0.29, 0.717) is 0 Å². The van der Waals surface area contributed by atoms with Gasteiger partial charge < -0.3 is 20.1 Å². The lowest BCUT2D eigenvalue weighted by Gasteiger charge is -1.98. The third kappa shape index (κ3) is 2.27. The average molecular weight is 201 g/mol. The Morgan fingerprint density at radius 3 is 3.07 bits per heavy atom. The first kappa shape index (κ1) is 10.6. The number of hydrogen-bond donors (Lipinski definition) is 2. The Balaban J connectivity index is 2.72. The lowest BCUT2D eigenvalue weighted by Crippen LogP contribution is -2.15. The molecule has 0 spiro atoms. The first-order chi connectivity index (χ1) is 6.69. The highest BCUT2D eigenvalue weighted by Crippen LogP contribution is 2.06. The number of esters is 1. The molecule has 0 amide bonds. The number of carbonyl (C=O) groups excluding carboxylic acids is 1. The Morgan fingerprint density at radius 2 is 2.50 bits per heavy atom. The maximum Gasteiger partial charge on any atom is 0.379 e. The normalized spacial score (nSPS) is 12.5. The van der Waals surface area contributed by atoms with Crippen molar-refractivity contribution in [3.05, 3.63) is 11.7 Å². The monoisotopic (exact) mass is 201 g/mol. The number of nitrogens with zero attached hydrogens (tertiary/aromatic N) is 2. The number of rotatable bonds is 4. The van der Waals surface area contributed by atoms with E-state index in [9.17, 15) is 4.79 Å². The van der Waals surface area contributed by atoms with Crippen molar-refractivity contribution >= 4 is 5.97 Å². The summed E-state index contributed by atoms with van der Waals surface area (Å²) >= 11 is 0. The molecule has 0 radical (unpaired) electrons. The molecule has 0 bridgehead atoms. The number of aromatic nitrogens is 2. The second kappa shape index (κ2) is 4.68. The third-order valence-electron chi connectivity index (χ3n) is 1.41. The van der Waals surface area contributed by atoms with Crippen LogP contribution in [0.3, 0.4) is 0 Å². The molecule has 0 fully saturated rings. The molecule has 14 heavy (non-hydrogen) atoms. The van der Waals surface area contributed by atoms with Gasteiger partial charge in [-0.15, -0.1) is 0 Å². The number of nitrogens with two attached hydrogens (primary N) is 1. The van der Waals surface area contributed by atoms with Crippen LogP contribution in [-0.2, 0) is 4.74 Å². The molecule has 0 aliphatic rings. The van der Waals surface area contributed by atoms with Crippen molar-refractivity contribution < 1.29 is 19.2 Å². The molecular weight excluding hydrogens is 190 g/mol. The molecule has 1 heterocycles. The quantitative estimate of drug-likeness (QED) is 0.615. The Hall–Kier alpha value is -1.47. The summed E-state index contributed by atoms with van der Waals surface area (Å²) in [6.07, 6.45) is 0. The zero-order valence-electron chi connectivity index (χ0n) is 7.64. The van der Waals surface area contributed by atoms with Crippen LogP contribution in [0.25, 0.3) is 0 Å². The molecule has 0 saturated heterocycles. The minimum atomic E-state index is -0.773. The Labute approximate surface area is 79.9 Å². The van der Waals surface area contributed by atoms with Crippen LogP contribution in [0.15, 0.2) is 4.52 Å². The Bertz CT molecular complexity index is 312. The van der Waals surface area contributed by atoms with E-state index < -0.39 is 12.0 Å². The van der Waals surface area contributed by atoms with Gasteiger partial charge in [-0.3, -0.25) is 0 Å². The van der Waals surface area contributed by atoms with E-state index in [2.05, 4.69) is 19.4 Å². The van der Waals surface area contributed by atoms with Crippen molar-refractivity contribution in [1.82, 2.24) is 10.1 Å². The van der Waals surface area contributed by atoms with Crippen LogP contribution in [-0.4, -0.2) is 34.4 Å². The van der Waals surface area contributed by atoms with E-state index >= 15 is 0 Å². The fraction of sp³-hybridized carbons (Fsp3) is 0.571. The highest BCUT2D eigenvalue weighted by atomic mass is 16.5. The van der Waals surface area contributed by atoms with E-state index in [1.165, 1.54) is 0 Å². The minimum Gasteiger partial charge on any atom is -0.460 e. The van der Waals surface area contributed by atoms with Crippen molar-refractivity contribution in [2.75, 3.05) is 13.2 Å². The summed E-state index contributed by atoms with van der Waals surface area (Å²) < 4.78 is 9.27. The second-order valence-electron chi connectivity index (χ2n) is 2.47. The molecule has 7 nitrogen and oxygen atoms in total. The Kier molecular flexibility index (Phi) is 3.55. The topological polar surface area (TPSA) is 111 Å². The van der Waals surface area contributed by atoms with Crippen LogP contribution in [0.5, 0.6) is 0 Å². The van der Waals surface area contributed by atoms with Crippen LogP contribution in [0.4, 0.5) is 0 Å². The van der Waals surface area contributed by atoms with Gasteiger partial charge in [0.1, 0.15) is 6.04 Å². The highest BCUT2D eigenvalue weighted by Gasteiger charge is 2.18. The predicted octanol–water partition coefficient (Wildman–Crippen LogP) is -0.762. The first-order valence-electron chi connectivity index (χ1n) is 4.06. The largest absolute Gasteiger partial charge is 0.460 e. The van der Waals surface area contributed by atoms with E-state index in [4.69, 9.17) is 10.8 Å². The molecule has 0 aliphatic carbocycles. The van der Waals surface area contributed by atoms with Gasteiger partial charge in [0, 0.05) is 0 Å². The molecule has 3 N–H and O–H groups in total. The van der Waals surface area contributed by atoms with Crippen LogP contribution in [0.1, 0.15) is 29.5 Å². The van der Waals surface area contributed by atoms with Crippen molar-refractivity contribution in [2.45, 2.75) is 13.0 Å². The molecular formula is C7H11N3O4. The first-order valence-corrected chi connectivity index (χ1v) is 4.06. The number of hydrogen-bond acceptors (Lipinski definition) is 7. The van der Waals surface area contributed by atoms with Crippen LogP contribution < -0.4 is 5.73 Å². The number of aliphatic hydroxyl groups excluding tert-OH is 1. The lowest BCUT2D eigenvalue weighted by molar-refractivity contribution is 0.0508. The second-order valence-corrected chi connectivity index (χ2v) is 2.47. The summed E-state index contributed by atoms with van der Waals surface area (Å²) in [5.74, 6) is -0.853. The molecule has 0 unspecified atom stereocenters. The summed E-state index contributed by atoms with van der Waals surface area (Å²) in [5.41, 5.74) is 5.38. The van der Waals surface area contributed by atoms with Crippen LogP contribution in [0.2, 0.25) is 0 Å². The fourth-order valence-corrected chi connectivity index (χ4v) is 0.742. The predicted molar refractivity (Wildman–Crippen MR) is 44.3 cm³/mol. The number of ether oxygens (including phenoxy) is 1. The maximum absolute atomic E-state index is 11.1. The summed E-state index contributed by atoms with van der Waals surface area (Å²) in [4.78, 5) is 14.7. The maximum atomic E-state index is 11.1. The van der Waals surface area contributed by atoms with Crippen LogP contribution >= 0.6 is 0 Å². The minimum absolute atomic E-state index is 0.00977. The zero-order valence-corrected chi connectivity index (χ0v) is 7.64. The van der Waals surface area contributed by atoms with Crippen molar-refractivity contribution in [3.8, 4) is 0 Å². The van der Waals surface area contributed by atoms with Gasteiger partial charge >= 0.3 is 5.97 Å². The molecule has 78 valence electrons. The molecule has 1 atom stereocenters. The van der Waals surface area contributed by atoms with Gasteiger partial charge in [-0.1, -0.05) is 0 Å². The zero-order chi connectivity index (χ0) is 10.6. The highest BCUT2D eigenvalue weighted by molar-refractivity contribution is 5.84. The molecule has 1 rings (SSSR count). The molecule has 0 aliphatic heterocycles. The van der Waals surface area contributed by atoms with Crippen molar-refractivity contribution in [3.63, 3.8) is 0 Å². The van der Waals surface area contributed by atoms with Gasteiger partial charge in [-0.05, 0) is 12.1 Å². The van der Waals surface area contributed by atoms with E-state index in [-0.39, 0.29) is 24.9 Å². The standard InChI is InChI=1S/C7H11N3O4/c1-2-13-7(12)5-9-6(14-10-5)4(8)3-11/h4,11H,2-3,8H2,1H3/t4-/m0/s1. The summed E-state index contributed by atoms with van der Waals surface area (Å²) in [5, 5.41) is 12.0. The lowest BCUT2D eigenvalue weighted by atomic mass is 10.3. The van der Waals surface area contributed by atoms with E-state index in [0.717, 1.165) is 0 Å². The average Bonchev–Trinajstić information content (AvgIpc) is 2.66. The summed E-state index contributed by atoms with van der Waals surface area (Å²) in [6, 6.07) is -0.773. The molecule has 1 aromatic rings. The SMILES string of the molecule is CCOC(=O)c1noc([C@@H](N)CO)n1. The van der Waals surface area contributed by atoms with Gasteiger partial charge in [0.05, 0.1) is 13.2 Å². The smallest absolute Gasteiger partial charge is 0.379 e. The van der Waals surface area contributed by atoms with Crippen molar-refractivity contribution in [1.29, 1.82) is 0 Å². The molecule has 0 aromatic carbocycles. The van der Waals surface area contributed by atoms with Gasteiger partial charge in [-0.2, -0.15) is 4.98 Å². The summed E-state index contributed by atoms with van der Waals surface area (Å²) in [6.45, 7) is 1.57. The van der Waals surface area contributed by atoms with Gasteiger partial charge in [0.15, 0.2) is 0 Å². The van der Waals surface area contributed by atoms with Crippen LogP contribution in [0, 0.1) is 0 Å². The molecule has 7 heteroatoms. The number of carbonyl (C=O) groups is 1. The molecule has 0 saturated carbocycles. The summed E-state index contributed by atoms with van der Waals surface area (Å²) in [7, 11) is 0. The van der Waals surface area contributed by atoms with Gasteiger partial charge in [0.25, 0.3) is 5.82 Å². The van der Waals surface area contributed by atoms with E-state index in [1.807, 2.05) is 0 Å². The fourth-order valence-electron chi connectivity index (χ4n) is 0.742. The number of aliphatic hydroxyl groups is 1. The molecule has 1 aromatic heterocycles. The van der Waals surface area contributed by atoms with Crippen molar-refractivity contribution in [2.24, 2.45) is 5.73 Å². The van der Waals surface area contributed by atoms with Gasteiger partial charge in [-0.25, -0.2) is 4.79 Å². The third-order valence-corrected chi connectivity index (χ3v) is 1.41. The van der Waals surface area contributed by atoms with Gasteiger partial charge in [0.2, 0.25) is 5.89 Å². The van der Waals surface area contributed by atoms with E-state index in [1.54, 1.807) is 6.92 Å². The Morgan fingerprint density at radius 1 is 1.79 bits per heavy atom.